The molecule has 0 unspecified atom stereocenters. The highest BCUT2D eigenvalue weighted by atomic mass is 16.2. The third-order valence-corrected chi connectivity index (χ3v) is 3.32. The van der Waals surface area contributed by atoms with E-state index in [0.717, 1.165) is 0 Å². The monoisotopic (exact) mass is 251 g/mol. The van der Waals surface area contributed by atoms with Gasteiger partial charge >= 0.3 is 0 Å². The molecule has 0 bridgehead atoms. The maximum atomic E-state index is 12.5. The number of carbonyl (C=O) groups excluding carboxylic acids is 2. The van der Waals surface area contributed by atoms with Gasteiger partial charge in [0.1, 0.15) is 0 Å². The van der Waals surface area contributed by atoms with Crippen LogP contribution in [0.25, 0.3) is 0 Å². The minimum Gasteiger partial charge on any atom is -0.307 e. The Hall–Kier alpha value is -2.42. The van der Waals surface area contributed by atoms with Gasteiger partial charge in [-0.25, -0.2) is 0 Å². The highest BCUT2D eigenvalue weighted by Crippen LogP contribution is 2.27. The summed E-state index contributed by atoms with van der Waals surface area (Å²) in [4.78, 5) is 26.0. The number of hydrogen-bond donors (Lipinski definition) is 0. The second kappa shape index (κ2) is 4.69. The smallest absolute Gasteiger partial charge is 0.258 e. The fourth-order valence-corrected chi connectivity index (χ4v) is 2.36. The number of rotatable bonds is 1. The Balaban J connectivity index is 2.02. The lowest BCUT2D eigenvalue weighted by Crippen LogP contribution is -2.37. The van der Waals surface area contributed by atoms with E-state index in [-0.39, 0.29) is 11.7 Å². The number of amides is 1. The number of fused-ring (bicyclic) bond motifs is 1. The number of carbonyl (C=O) groups is 2. The van der Waals surface area contributed by atoms with Gasteiger partial charge in [0.25, 0.3) is 5.91 Å². The van der Waals surface area contributed by atoms with E-state index >= 15 is 0 Å². The molecule has 0 fully saturated rings. The van der Waals surface area contributed by atoms with E-state index < -0.39 is 0 Å². The van der Waals surface area contributed by atoms with E-state index in [1.165, 1.54) is 0 Å². The Kier molecular flexibility index (Phi) is 2.88. The molecule has 0 atom stereocenters. The second-order valence-corrected chi connectivity index (χ2v) is 4.51. The molecule has 0 aromatic heterocycles. The van der Waals surface area contributed by atoms with Crippen LogP contribution in [0.15, 0.2) is 54.6 Å². The zero-order chi connectivity index (χ0) is 13.2. The van der Waals surface area contributed by atoms with Crippen molar-refractivity contribution in [3.05, 3.63) is 65.7 Å². The van der Waals surface area contributed by atoms with Crippen LogP contribution in [0.5, 0.6) is 0 Å². The molecule has 0 spiro atoms. The van der Waals surface area contributed by atoms with Gasteiger partial charge in [-0.15, -0.1) is 0 Å². The lowest BCUT2D eigenvalue weighted by atomic mass is 9.99. The van der Waals surface area contributed by atoms with E-state index in [0.29, 0.717) is 29.8 Å². The first-order valence-electron chi connectivity index (χ1n) is 6.26. The van der Waals surface area contributed by atoms with Gasteiger partial charge in [-0.05, 0) is 24.3 Å². The lowest BCUT2D eigenvalue weighted by molar-refractivity contribution is 0.0955. The Labute approximate surface area is 111 Å². The lowest BCUT2D eigenvalue weighted by Gasteiger charge is -2.28. The summed E-state index contributed by atoms with van der Waals surface area (Å²) in [6.45, 7) is 0.448. The molecule has 2 aromatic rings. The van der Waals surface area contributed by atoms with E-state index in [1.54, 1.807) is 23.1 Å². The van der Waals surface area contributed by atoms with Crippen molar-refractivity contribution in [3.63, 3.8) is 0 Å². The van der Waals surface area contributed by atoms with Gasteiger partial charge in [-0.1, -0.05) is 30.3 Å². The third-order valence-electron chi connectivity index (χ3n) is 3.32. The predicted molar refractivity (Wildman–Crippen MR) is 73.5 cm³/mol. The van der Waals surface area contributed by atoms with Crippen molar-refractivity contribution in [3.8, 4) is 0 Å². The number of nitrogens with zero attached hydrogens (tertiary/aromatic N) is 1. The van der Waals surface area contributed by atoms with Gasteiger partial charge in [0.05, 0.1) is 5.69 Å². The molecule has 0 aliphatic carbocycles. The molecule has 0 radical (unpaired) electrons. The Morgan fingerprint density at radius 1 is 0.947 bits per heavy atom. The molecule has 94 valence electrons. The molecular weight excluding hydrogens is 238 g/mol. The molecule has 0 saturated heterocycles. The number of para-hydroxylation sites is 1. The molecule has 1 amide bonds. The van der Waals surface area contributed by atoms with Gasteiger partial charge in [0, 0.05) is 24.1 Å². The predicted octanol–water partition coefficient (Wildman–Crippen LogP) is 2.92. The van der Waals surface area contributed by atoms with Crippen LogP contribution >= 0.6 is 0 Å². The Bertz CT molecular complexity index is 634. The number of anilines is 1. The molecule has 0 saturated carbocycles. The molecule has 3 heteroatoms. The summed E-state index contributed by atoms with van der Waals surface area (Å²) < 4.78 is 0. The average Bonchev–Trinajstić information content (AvgIpc) is 2.48. The van der Waals surface area contributed by atoms with Gasteiger partial charge in [0.2, 0.25) is 0 Å². The fourth-order valence-electron chi connectivity index (χ4n) is 2.36. The molecule has 0 N–H and O–H groups in total. The highest BCUT2D eigenvalue weighted by Gasteiger charge is 2.27. The summed E-state index contributed by atoms with van der Waals surface area (Å²) in [5, 5.41) is 0. The summed E-state index contributed by atoms with van der Waals surface area (Å²) in [6.07, 6.45) is 0.385. The van der Waals surface area contributed by atoms with Crippen LogP contribution in [-0.2, 0) is 0 Å². The first-order chi connectivity index (χ1) is 9.27. The summed E-state index contributed by atoms with van der Waals surface area (Å²) >= 11 is 0. The van der Waals surface area contributed by atoms with E-state index in [9.17, 15) is 9.59 Å². The Morgan fingerprint density at radius 2 is 1.63 bits per heavy atom. The first kappa shape index (κ1) is 11.7. The number of ketones is 1. The van der Waals surface area contributed by atoms with Crippen LogP contribution in [0, 0.1) is 0 Å². The average molecular weight is 251 g/mol. The molecule has 19 heavy (non-hydrogen) atoms. The minimum absolute atomic E-state index is 0.0550. The first-order valence-corrected chi connectivity index (χ1v) is 6.26. The number of hydrogen-bond acceptors (Lipinski definition) is 2. The molecule has 3 rings (SSSR count). The summed E-state index contributed by atoms with van der Waals surface area (Å²) in [6, 6.07) is 16.4. The van der Waals surface area contributed by atoms with E-state index in [2.05, 4.69) is 0 Å². The van der Waals surface area contributed by atoms with Crippen LogP contribution in [-0.4, -0.2) is 18.2 Å². The van der Waals surface area contributed by atoms with Gasteiger partial charge in [-0.3, -0.25) is 9.59 Å². The van der Waals surface area contributed by atoms with E-state index in [1.807, 2.05) is 36.4 Å². The molecule has 1 heterocycles. The van der Waals surface area contributed by atoms with Gasteiger partial charge < -0.3 is 4.90 Å². The van der Waals surface area contributed by atoms with Gasteiger partial charge in [-0.2, -0.15) is 0 Å². The molecule has 2 aromatic carbocycles. The zero-order valence-electron chi connectivity index (χ0n) is 10.4. The maximum Gasteiger partial charge on any atom is 0.258 e. The van der Waals surface area contributed by atoms with Crippen molar-refractivity contribution < 1.29 is 9.59 Å². The van der Waals surface area contributed by atoms with Crippen LogP contribution in [0.1, 0.15) is 27.1 Å². The maximum absolute atomic E-state index is 12.5. The van der Waals surface area contributed by atoms with Crippen molar-refractivity contribution in [2.45, 2.75) is 6.42 Å². The molecule has 3 nitrogen and oxygen atoms in total. The zero-order valence-corrected chi connectivity index (χ0v) is 10.4. The normalized spacial score (nSPS) is 14.1. The van der Waals surface area contributed by atoms with Crippen LogP contribution in [0.2, 0.25) is 0 Å². The Morgan fingerprint density at radius 3 is 2.42 bits per heavy atom. The van der Waals surface area contributed by atoms with Crippen LogP contribution in [0.4, 0.5) is 5.69 Å². The van der Waals surface area contributed by atoms with Crippen molar-refractivity contribution in [1.82, 2.24) is 0 Å². The quantitative estimate of drug-likeness (QED) is 0.781. The summed E-state index contributed by atoms with van der Waals surface area (Å²) in [5.41, 5.74) is 2.00. The summed E-state index contributed by atoms with van der Waals surface area (Å²) in [7, 11) is 0. The standard InChI is InChI=1S/C16H13NO2/c18-15-10-11-17(14-9-5-4-8-13(14)15)16(19)12-6-2-1-3-7-12/h1-9H,10-11H2. The topological polar surface area (TPSA) is 37.4 Å². The van der Waals surface area contributed by atoms with Crippen molar-refractivity contribution >= 4 is 17.4 Å². The molecular formula is C16H13NO2. The largest absolute Gasteiger partial charge is 0.307 e. The van der Waals surface area contributed by atoms with Crippen molar-refractivity contribution in [2.24, 2.45) is 0 Å². The molecule has 1 aliphatic heterocycles. The fraction of sp³-hybridized carbons (Fsp3) is 0.125. The number of benzene rings is 2. The minimum atomic E-state index is -0.0550. The molecule has 1 aliphatic rings. The van der Waals surface area contributed by atoms with Crippen LogP contribution < -0.4 is 4.90 Å². The second-order valence-electron chi connectivity index (χ2n) is 4.51. The highest BCUT2D eigenvalue weighted by molar-refractivity contribution is 6.13. The third kappa shape index (κ3) is 2.03. The van der Waals surface area contributed by atoms with Crippen molar-refractivity contribution in [1.29, 1.82) is 0 Å². The van der Waals surface area contributed by atoms with Crippen molar-refractivity contribution in [2.75, 3.05) is 11.4 Å². The SMILES string of the molecule is O=C1CCN(C(=O)c2ccccc2)c2ccccc21. The van der Waals surface area contributed by atoms with Gasteiger partial charge in [0.15, 0.2) is 5.78 Å². The summed E-state index contributed by atoms with van der Waals surface area (Å²) in [5.74, 6) is 0.0493. The van der Waals surface area contributed by atoms with E-state index in [4.69, 9.17) is 0 Å². The number of Topliss-reactive ketones (excluding diaryl/α,β-unsaturated/α-hetero) is 1. The van der Waals surface area contributed by atoms with Crippen LogP contribution in [0.3, 0.4) is 0 Å².